The summed E-state index contributed by atoms with van der Waals surface area (Å²) in [7, 11) is 0. The molecule has 0 aliphatic carbocycles. The van der Waals surface area contributed by atoms with Gasteiger partial charge in [0.1, 0.15) is 5.75 Å². The molecule has 0 saturated heterocycles. The molecule has 0 bridgehead atoms. The zero-order chi connectivity index (χ0) is 14.4. The summed E-state index contributed by atoms with van der Waals surface area (Å²) in [6.45, 7) is 2.19. The molecule has 102 valence electrons. The van der Waals surface area contributed by atoms with Gasteiger partial charge in [0.2, 0.25) is 0 Å². The van der Waals surface area contributed by atoms with Crippen molar-refractivity contribution in [1.82, 2.24) is 0 Å². The molecule has 0 spiro atoms. The number of ether oxygens (including phenoxy) is 1. The molecule has 0 amide bonds. The number of hydrogen-bond donors (Lipinski definition) is 1. The molecule has 2 rings (SSSR count). The van der Waals surface area contributed by atoms with Gasteiger partial charge in [0, 0.05) is 17.4 Å². The summed E-state index contributed by atoms with van der Waals surface area (Å²) >= 11 is 0. The number of oxime groups is 1. The van der Waals surface area contributed by atoms with Crippen LogP contribution in [0.1, 0.15) is 25.3 Å². The fraction of sp³-hybridized carbons (Fsp3) is 0.250. The van der Waals surface area contributed by atoms with Crippen LogP contribution in [-0.4, -0.2) is 17.5 Å². The number of fused-ring (bicyclic) bond motifs is 1. The molecular formula is C16H16N2O2. The highest BCUT2D eigenvalue weighted by molar-refractivity contribution is 6.06. The molecular weight excluding hydrogens is 252 g/mol. The van der Waals surface area contributed by atoms with Crippen molar-refractivity contribution in [2.24, 2.45) is 5.16 Å². The maximum atomic E-state index is 8.98. The van der Waals surface area contributed by atoms with E-state index in [1.807, 2.05) is 36.4 Å². The SMILES string of the molecule is C/C(=N\O)c1ccc2ccccc2c1OCCCC#N. The molecule has 20 heavy (non-hydrogen) atoms. The van der Waals surface area contributed by atoms with Crippen LogP contribution < -0.4 is 4.74 Å². The molecule has 2 aromatic rings. The van der Waals surface area contributed by atoms with Crippen molar-refractivity contribution in [3.8, 4) is 11.8 Å². The van der Waals surface area contributed by atoms with E-state index < -0.39 is 0 Å². The lowest BCUT2D eigenvalue weighted by molar-refractivity contribution is 0.311. The topological polar surface area (TPSA) is 65.6 Å². The predicted octanol–water partition coefficient (Wildman–Crippen LogP) is 3.72. The number of unbranched alkanes of at least 4 members (excludes halogenated alkanes) is 1. The third-order valence-corrected chi connectivity index (χ3v) is 3.10. The van der Waals surface area contributed by atoms with Gasteiger partial charge in [0.25, 0.3) is 0 Å². The van der Waals surface area contributed by atoms with Gasteiger partial charge in [-0.25, -0.2) is 0 Å². The molecule has 4 heteroatoms. The molecule has 0 unspecified atom stereocenters. The van der Waals surface area contributed by atoms with Crippen LogP contribution in [0.3, 0.4) is 0 Å². The van der Waals surface area contributed by atoms with E-state index in [1.54, 1.807) is 6.92 Å². The van der Waals surface area contributed by atoms with Crippen molar-refractivity contribution >= 4 is 16.5 Å². The largest absolute Gasteiger partial charge is 0.492 e. The van der Waals surface area contributed by atoms with Crippen LogP contribution in [0.15, 0.2) is 41.6 Å². The Morgan fingerprint density at radius 1 is 1.30 bits per heavy atom. The van der Waals surface area contributed by atoms with E-state index in [0.29, 0.717) is 30.9 Å². The second-order valence-corrected chi connectivity index (χ2v) is 4.46. The summed E-state index contributed by atoms with van der Waals surface area (Å²) in [5, 5.41) is 22.8. The van der Waals surface area contributed by atoms with Crippen LogP contribution in [0.5, 0.6) is 5.75 Å². The zero-order valence-electron chi connectivity index (χ0n) is 11.3. The average Bonchev–Trinajstić information content (AvgIpc) is 2.50. The molecule has 0 aliphatic rings. The van der Waals surface area contributed by atoms with E-state index >= 15 is 0 Å². The lowest BCUT2D eigenvalue weighted by atomic mass is 10.0. The number of rotatable bonds is 5. The van der Waals surface area contributed by atoms with Gasteiger partial charge in [-0.05, 0) is 24.8 Å². The second kappa shape index (κ2) is 6.58. The monoisotopic (exact) mass is 268 g/mol. The summed E-state index contributed by atoms with van der Waals surface area (Å²) < 4.78 is 5.83. The highest BCUT2D eigenvalue weighted by Gasteiger charge is 2.11. The van der Waals surface area contributed by atoms with Crippen LogP contribution in [0, 0.1) is 11.3 Å². The minimum absolute atomic E-state index is 0.465. The Morgan fingerprint density at radius 3 is 2.85 bits per heavy atom. The lowest BCUT2D eigenvalue weighted by Crippen LogP contribution is -2.04. The summed E-state index contributed by atoms with van der Waals surface area (Å²) in [5.41, 5.74) is 1.27. The van der Waals surface area contributed by atoms with Gasteiger partial charge in [-0.2, -0.15) is 5.26 Å². The highest BCUT2D eigenvalue weighted by atomic mass is 16.5. The Morgan fingerprint density at radius 2 is 2.10 bits per heavy atom. The molecule has 0 fully saturated rings. The predicted molar refractivity (Wildman–Crippen MR) is 78.3 cm³/mol. The number of nitrogens with zero attached hydrogens (tertiary/aromatic N) is 2. The minimum Gasteiger partial charge on any atom is -0.492 e. The van der Waals surface area contributed by atoms with Crippen LogP contribution >= 0.6 is 0 Å². The first kappa shape index (κ1) is 13.9. The van der Waals surface area contributed by atoms with Gasteiger partial charge in [0.15, 0.2) is 0 Å². The lowest BCUT2D eigenvalue weighted by Gasteiger charge is -2.13. The molecule has 0 atom stereocenters. The molecule has 0 radical (unpaired) electrons. The van der Waals surface area contributed by atoms with Crippen molar-refractivity contribution in [3.05, 3.63) is 42.0 Å². The van der Waals surface area contributed by atoms with Gasteiger partial charge in [-0.3, -0.25) is 0 Å². The summed E-state index contributed by atoms with van der Waals surface area (Å²) in [6.07, 6.45) is 1.14. The Hall–Kier alpha value is -2.54. The summed E-state index contributed by atoms with van der Waals surface area (Å²) in [6, 6.07) is 13.8. The molecule has 0 aliphatic heterocycles. The van der Waals surface area contributed by atoms with Gasteiger partial charge < -0.3 is 9.94 Å². The van der Waals surface area contributed by atoms with E-state index in [1.165, 1.54) is 0 Å². The molecule has 0 saturated carbocycles. The van der Waals surface area contributed by atoms with Crippen molar-refractivity contribution in [2.75, 3.05) is 6.61 Å². The quantitative estimate of drug-likeness (QED) is 0.389. The number of benzene rings is 2. The Balaban J connectivity index is 2.42. The van der Waals surface area contributed by atoms with Crippen molar-refractivity contribution in [1.29, 1.82) is 5.26 Å². The third kappa shape index (κ3) is 2.89. The molecule has 1 N–H and O–H groups in total. The van der Waals surface area contributed by atoms with E-state index in [-0.39, 0.29) is 0 Å². The number of nitriles is 1. The highest BCUT2D eigenvalue weighted by Crippen LogP contribution is 2.30. The van der Waals surface area contributed by atoms with Crippen LogP contribution in [0.2, 0.25) is 0 Å². The zero-order valence-corrected chi connectivity index (χ0v) is 11.3. The van der Waals surface area contributed by atoms with E-state index in [4.69, 9.17) is 15.2 Å². The van der Waals surface area contributed by atoms with E-state index in [9.17, 15) is 0 Å². The van der Waals surface area contributed by atoms with Crippen LogP contribution in [-0.2, 0) is 0 Å². The van der Waals surface area contributed by atoms with Gasteiger partial charge >= 0.3 is 0 Å². The first-order valence-electron chi connectivity index (χ1n) is 6.48. The summed E-state index contributed by atoms with van der Waals surface area (Å²) in [4.78, 5) is 0. The molecule has 0 heterocycles. The molecule has 2 aromatic carbocycles. The van der Waals surface area contributed by atoms with Crippen molar-refractivity contribution < 1.29 is 9.94 Å². The van der Waals surface area contributed by atoms with Gasteiger partial charge in [0.05, 0.1) is 18.4 Å². The smallest absolute Gasteiger partial charge is 0.136 e. The number of hydrogen-bond acceptors (Lipinski definition) is 4. The first-order valence-corrected chi connectivity index (χ1v) is 6.48. The Kier molecular flexibility index (Phi) is 4.56. The normalized spacial score (nSPS) is 11.3. The second-order valence-electron chi connectivity index (χ2n) is 4.46. The average molecular weight is 268 g/mol. The third-order valence-electron chi connectivity index (χ3n) is 3.10. The van der Waals surface area contributed by atoms with E-state index in [0.717, 1.165) is 16.3 Å². The van der Waals surface area contributed by atoms with E-state index in [2.05, 4.69) is 11.2 Å². The Labute approximate surface area is 117 Å². The van der Waals surface area contributed by atoms with Crippen molar-refractivity contribution in [3.63, 3.8) is 0 Å². The van der Waals surface area contributed by atoms with Crippen LogP contribution in [0.25, 0.3) is 10.8 Å². The maximum Gasteiger partial charge on any atom is 0.136 e. The standard InChI is InChI=1S/C16H16N2O2/c1-12(18-19)14-9-8-13-6-2-3-7-15(13)16(14)20-11-5-4-10-17/h2-3,6-9,19H,4-5,11H2,1H3/b18-12+. The summed E-state index contributed by atoms with van der Waals surface area (Å²) in [5.74, 6) is 0.705. The first-order chi connectivity index (χ1) is 9.77. The fourth-order valence-corrected chi connectivity index (χ4v) is 2.06. The van der Waals surface area contributed by atoms with Gasteiger partial charge in [-0.15, -0.1) is 0 Å². The molecule has 0 aromatic heterocycles. The van der Waals surface area contributed by atoms with Crippen LogP contribution in [0.4, 0.5) is 0 Å². The fourth-order valence-electron chi connectivity index (χ4n) is 2.06. The maximum absolute atomic E-state index is 8.98. The Bertz CT molecular complexity index is 672. The van der Waals surface area contributed by atoms with Gasteiger partial charge in [-0.1, -0.05) is 35.5 Å². The van der Waals surface area contributed by atoms with Crippen molar-refractivity contribution in [2.45, 2.75) is 19.8 Å². The minimum atomic E-state index is 0.465. The molecule has 4 nitrogen and oxygen atoms in total.